The summed E-state index contributed by atoms with van der Waals surface area (Å²) < 4.78 is 16.4. The highest BCUT2D eigenvalue weighted by molar-refractivity contribution is 5.80. The molecule has 0 amide bonds. The Kier molecular flexibility index (Phi) is 8.50. The molecule has 2 atom stereocenters. The van der Waals surface area contributed by atoms with Gasteiger partial charge in [-0.3, -0.25) is 4.90 Å². The molecule has 0 radical (unpaired) electrons. The molecule has 2 aromatic heterocycles. The molecular weight excluding hydrogens is 425 g/mol. The Hall–Kier alpha value is -2.70. The first-order valence-corrected chi connectivity index (χ1v) is 12.1. The second-order valence-corrected chi connectivity index (χ2v) is 9.99. The van der Waals surface area contributed by atoms with Crippen LogP contribution < -0.4 is 10.2 Å². The maximum Gasteiger partial charge on any atom is 0.140 e. The van der Waals surface area contributed by atoms with Gasteiger partial charge in [-0.05, 0) is 65.0 Å². The van der Waals surface area contributed by atoms with Gasteiger partial charge in [0.05, 0.1) is 11.9 Å². The van der Waals surface area contributed by atoms with Crippen LogP contribution in [0.25, 0.3) is 17.1 Å². The second kappa shape index (κ2) is 11.2. The lowest BCUT2D eigenvalue weighted by atomic mass is 10.0. The monoisotopic (exact) mass is 465 g/mol. The fourth-order valence-corrected chi connectivity index (χ4v) is 4.64. The topological polar surface area (TPSA) is 36.3 Å². The maximum absolute atomic E-state index is 14.2. The van der Waals surface area contributed by atoms with Gasteiger partial charge in [-0.15, -0.1) is 0 Å². The molecule has 34 heavy (non-hydrogen) atoms. The van der Waals surface area contributed by atoms with Crippen LogP contribution in [0.2, 0.25) is 0 Å². The van der Waals surface area contributed by atoms with Crippen molar-refractivity contribution < 1.29 is 4.39 Å². The van der Waals surface area contributed by atoms with Gasteiger partial charge in [0.25, 0.3) is 0 Å². The van der Waals surface area contributed by atoms with Gasteiger partial charge in [-0.25, -0.2) is 9.37 Å². The highest BCUT2D eigenvalue weighted by Crippen LogP contribution is 2.27. The van der Waals surface area contributed by atoms with Crippen LogP contribution in [-0.2, 0) is 6.54 Å². The fraction of sp³-hybridized carbons (Fsp3) is 0.464. The van der Waals surface area contributed by atoms with Crippen molar-refractivity contribution in [3.63, 3.8) is 0 Å². The Morgan fingerprint density at radius 1 is 1.12 bits per heavy atom. The van der Waals surface area contributed by atoms with Gasteiger partial charge in [0.1, 0.15) is 11.3 Å². The number of fused-ring (bicyclic) bond motifs is 1. The molecule has 1 N–H and O–H groups in total. The van der Waals surface area contributed by atoms with Crippen molar-refractivity contribution in [2.24, 2.45) is 0 Å². The van der Waals surface area contributed by atoms with E-state index in [1.54, 1.807) is 13.8 Å². The van der Waals surface area contributed by atoms with E-state index >= 15 is 0 Å². The average Bonchev–Trinajstić information content (AvgIpc) is 3.18. The summed E-state index contributed by atoms with van der Waals surface area (Å²) in [6, 6.07) is 13.4. The largest absolute Gasteiger partial charge is 0.367 e. The van der Waals surface area contributed by atoms with Crippen LogP contribution >= 0.6 is 0 Å². The quantitative estimate of drug-likeness (QED) is 0.542. The molecule has 0 spiro atoms. The highest BCUT2D eigenvalue weighted by atomic mass is 19.1. The first kappa shape index (κ1) is 25.9. The third kappa shape index (κ3) is 6.45. The van der Waals surface area contributed by atoms with Gasteiger partial charge in [-0.1, -0.05) is 36.9 Å². The van der Waals surface area contributed by atoms with Crippen molar-refractivity contribution in [1.29, 1.82) is 0 Å². The highest BCUT2D eigenvalue weighted by Gasteiger charge is 2.33. The number of nitrogens with zero attached hydrogens (tertiary/aromatic N) is 4. The number of pyridine rings is 1. The minimum Gasteiger partial charge on any atom is -0.367 e. The maximum atomic E-state index is 14.2. The number of aromatic nitrogens is 2. The van der Waals surface area contributed by atoms with E-state index in [1.165, 1.54) is 5.56 Å². The molecule has 6 heteroatoms. The number of piperazine rings is 1. The molecule has 1 aromatic carbocycles. The lowest BCUT2D eigenvalue weighted by Crippen LogP contribution is -2.59. The van der Waals surface area contributed by atoms with Crippen LogP contribution in [0.5, 0.6) is 0 Å². The van der Waals surface area contributed by atoms with E-state index in [0.717, 1.165) is 41.9 Å². The Morgan fingerprint density at radius 3 is 2.29 bits per heavy atom. The Morgan fingerprint density at radius 2 is 1.74 bits per heavy atom. The van der Waals surface area contributed by atoms with Gasteiger partial charge in [0.15, 0.2) is 0 Å². The third-order valence-electron chi connectivity index (χ3n) is 6.18. The molecule has 1 aliphatic heterocycles. The minimum atomic E-state index is -1.18. The van der Waals surface area contributed by atoms with Crippen molar-refractivity contribution in [3.8, 4) is 0 Å². The molecule has 1 fully saturated rings. The molecule has 184 valence electrons. The van der Waals surface area contributed by atoms with Crippen LogP contribution in [0.1, 0.15) is 38.8 Å². The first-order valence-electron chi connectivity index (χ1n) is 12.1. The molecule has 5 nitrogen and oxygen atoms in total. The molecule has 4 rings (SSSR count). The van der Waals surface area contributed by atoms with E-state index < -0.39 is 5.67 Å². The van der Waals surface area contributed by atoms with Crippen molar-refractivity contribution in [3.05, 3.63) is 66.5 Å². The van der Waals surface area contributed by atoms with Crippen molar-refractivity contribution in [2.75, 3.05) is 38.6 Å². The third-order valence-corrected chi connectivity index (χ3v) is 6.18. The molecule has 0 aliphatic carbocycles. The van der Waals surface area contributed by atoms with E-state index in [-0.39, 0.29) is 12.1 Å². The number of rotatable bonds is 6. The van der Waals surface area contributed by atoms with E-state index in [0.29, 0.717) is 6.54 Å². The Labute approximate surface area is 204 Å². The normalized spacial score (nSPS) is 19.1. The van der Waals surface area contributed by atoms with Gasteiger partial charge < -0.3 is 14.8 Å². The molecule has 0 saturated carbocycles. The lowest BCUT2D eigenvalue weighted by molar-refractivity contribution is 0.0587. The van der Waals surface area contributed by atoms with Crippen LogP contribution in [-0.4, -0.2) is 65.9 Å². The van der Waals surface area contributed by atoms with E-state index in [4.69, 9.17) is 4.98 Å². The molecule has 3 heterocycles. The summed E-state index contributed by atoms with van der Waals surface area (Å²) in [6.07, 6.45) is 5.95. The van der Waals surface area contributed by atoms with E-state index in [9.17, 15) is 4.39 Å². The smallest absolute Gasteiger partial charge is 0.140 e. The SMILES string of the molecule is C=Cc1ccc(Cn2ccc3cc(N4CC(C)N(CC(C)(C)F)C(C)C4)cnc32)cc1.CNC. The summed E-state index contributed by atoms with van der Waals surface area (Å²) >= 11 is 0. The molecule has 1 saturated heterocycles. The summed E-state index contributed by atoms with van der Waals surface area (Å²) in [7, 11) is 3.75. The number of alkyl halides is 1. The number of anilines is 1. The first-order chi connectivity index (χ1) is 16.1. The van der Waals surface area contributed by atoms with E-state index in [1.807, 2.05) is 26.4 Å². The summed E-state index contributed by atoms with van der Waals surface area (Å²) in [5.41, 5.74) is 3.32. The van der Waals surface area contributed by atoms with E-state index in [2.05, 4.69) is 82.7 Å². The average molecular weight is 466 g/mol. The number of nitrogens with one attached hydrogen (secondary N) is 1. The van der Waals surface area contributed by atoms with Crippen molar-refractivity contribution >= 4 is 22.8 Å². The van der Waals surface area contributed by atoms with Gasteiger partial charge in [-0.2, -0.15) is 0 Å². The number of halogens is 1. The molecule has 0 bridgehead atoms. The zero-order valence-electron chi connectivity index (χ0n) is 21.6. The van der Waals surface area contributed by atoms with Crippen LogP contribution in [0.3, 0.4) is 0 Å². The van der Waals surface area contributed by atoms with Crippen molar-refractivity contribution in [1.82, 2.24) is 19.8 Å². The minimum absolute atomic E-state index is 0.289. The predicted octanol–water partition coefficient (Wildman–Crippen LogP) is 5.21. The lowest BCUT2D eigenvalue weighted by Gasteiger charge is -2.46. The molecule has 1 aliphatic rings. The van der Waals surface area contributed by atoms with Gasteiger partial charge in [0, 0.05) is 49.8 Å². The zero-order valence-corrected chi connectivity index (χ0v) is 21.6. The molecule has 2 unspecified atom stereocenters. The van der Waals surface area contributed by atoms with Crippen LogP contribution in [0.4, 0.5) is 10.1 Å². The fourth-order valence-electron chi connectivity index (χ4n) is 4.64. The molecule has 3 aromatic rings. The van der Waals surface area contributed by atoms with Gasteiger partial charge >= 0.3 is 0 Å². The number of hydrogen-bond acceptors (Lipinski definition) is 4. The predicted molar refractivity (Wildman–Crippen MR) is 143 cm³/mol. The Bertz CT molecular complexity index is 1050. The summed E-state index contributed by atoms with van der Waals surface area (Å²) in [4.78, 5) is 9.48. The standard InChI is InChI=1S/C26H33FN4.C2H7N/c1-6-21-7-9-22(10-8-21)17-29-12-11-23-13-24(14-28-25(23)29)30-15-19(2)31(20(3)16-30)18-26(4,5)27;1-3-2/h6-14,19-20H,1,15-18H2,2-5H3;3H,1-2H3. The number of benzene rings is 1. The summed E-state index contributed by atoms with van der Waals surface area (Å²) in [6.45, 7) is 14.5. The Balaban J connectivity index is 0.00000103. The van der Waals surface area contributed by atoms with Crippen LogP contribution in [0, 0.1) is 0 Å². The number of hydrogen-bond donors (Lipinski definition) is 1. The molecular formula is C28H40FN5. The summed E-state index contributed by atoms with van der Waals surface area (Å²) in [5.74, 6) is 0. The summed E-state index contributed by atoms with van der Waals surface area (Å²) in [5, 5.41) is 3.90. The van der Waals surface area contributed by atoms with Gasteiger partial charge in [0.2, 0.25) is 0 Å². The zero-order chi connectivity index (χ0) is 24.9. The van der Waals surface area contributed by atoms with Crippen LogP contribution in [0.15, 0.2) is 55.4 Å². The second-order valence-electron chi connectivity index (χ2n) is 9.99. The van der Waals surface area contributed by atoms with Crippen molar-refractivity contribution in [2.45, 2.75) is 52.0 Å².